The molecule has 0 saturated carbocycles. The maximum absolute atomic E-state index is 11.6. The Morgan fingerprint density at radius 2 is 2.05 bits per heavy atom. The lowest BCUT2D eigenvalue weighted by Crippen LogP contribution is -2.42. The van der Waals surface area contributed by atoms with E-state index >= 15 is 0 Å². The van der Waals surface area contributed by atoms with Crippen LogP contribution in [0.15, 0.2) is 23.1 Å². The Kier molecular flexibility index (Phi) is 4.39. The maximum atomic E-state index is 11.6. The highest BCUT2D eigenvalue weighted by atomic mass is 32.2. The van der Waals surface area contributed by atoms with Crippen molar-refractivity contribution in [2.45, 2.75) is 43.7 Å². The zero-order valence-electron chi connectivity index (χ0n) is 12.7. The lowest BCUT2D eigenvalue weighted by molar-refractivity contribution is 0.190. The molecule has 1 aliphatic heterocycles. The Morgan fingerprint density at radius 3 is 2.65 bits per heavy atom. The van der Waals surface area contributed by atoms with Crippen molar-refractivity contribution >= 4 is 15.5 Å². The summed E-state index contributed by atoms with van der Waals surface area (Å²) in [4.78, 5) is 2.74. The summed E-state index contributed by atoms with van der Waals surface area (Å²) in [7, 11) is -1.00. The molecular formula is C15H24N2O2S. The van der Waals surface area contributed by atoms with Crippen LogP contribution in [0.5, 0.6) is 0 Å². The molecule has 0 aliphatic carbocycles. The molecule has 0 amide bonds. The molecule has 2 rings (SSSR count). The number of rotatable bonds is 3. The average Bonchev–Trinajstić information content (AvgIpc) is 2.35. The van der Waals surface area contributed by atoms with E-state index in [2.05, 4.69) is 24.2 Å². The van der Waals surface area contributed by atoms with Gasteiger partial charge in [-0.25, -0.2) is 8.42 Å². The third kappa shape index (κ3) is 3.52. The number of anilines is 1. The molecule has 2 atom stereocenters. The SMILES string of the molecule is Cc1ccc(S(C)(=O)=O)cc1NC1CCN(C)C(C)C1. The Labute approximate surface area is 122 Å². The molecule has 4 nitrogen and oxygen atoms in total. The van der Waals surface area contributed by atoms with E-state index in [0.29, 0.717) is 17.0 Å². The van der Waals surface area contributed by atoms with Crippen LogP contribution in [0.3, 0.4) is 0 Å². The van der Waals surface area contributed by atoms with Gasteiger partial charge in [0.05, 0.1) is 4.90 Å². The quantitative estimate of drug-likeness (QED) is 0.930. The normalized spacial score (nSPS) is 24.6. The van der Waals surface area contributed by atoms with Crippen LogP contribution in [0, 0.1) is 6.92 Å². The van der Waals surface area contributed by atoms with Crippen molar-refractivity contribution < 1.29 is 8.42 Å². The number of hydrogen-bond donors (Lipinski definition) is 1. The van der Waals surface area contributed by atoms with Gasteiger partial charge in [0, 0.05) is 30.6 Å². The van der Waals surface area contributed by atoms with Crippen LogP contribution >= 0.6 is 0 Å². The fraction of sp³-hybridized carbons (Fsp3) is 0.600. The summed E-state index contributed by atoms with van der Waals surface area (Å²) in [5.74, 6) is 0. The van der Waals surface area contributed by atoms with Crippen LogP contribution in [-0.4, -0.2) is 45.2 Å². The molecule has 0 radical (unpaired) electrons. The number of hydrogen-bond acceptors (Lipinski definition) is 4. The third-order valence-electron chi connectivity index (χ3n) is 4.21. The molecule has 1 aromatic carbocycles. The molecule has 2 unspecified atom stereocenters. The Bertz CT molecular complexity index is 584. The van der Waals surface area contributed by atoms with Crippen LogP contribution in [0.4, 0.5) is 5.69 Å². The van der Waals surface area contributed by atoms with E-state index in [1.54, 1.807) is 12.1 Å². The van der Waals surface area contributed by atoms with Gasteiger partial charge in [-0.2, -0.15) is 0 Å². The van der Waals surface area contributed by atoms with Gasteiger partial charge < -0.3 is 10.2 Å². The Balaban J connectivity index is 2.17. The molecule has 0 aromatic heterocycles. The van der Waals surface area contributed by atoms with E-state index in [1.165, 1.54) is 6.26 Å². The first-order valence-corrected chi connectivity index (χ1v) is 8.94. The van der Waals surface area contributed by atoms with Crippen LogP contribution in [-0.2, 0) is 9.84 Å². The number of sulfone groups is 1. The van der Waals surface area contributed by atoms with Gasteiger partial charge in [0.25, 0.3) is 0 Å². The fourth-order valence-corrected chi connectivity index (χ4v) is 3.27. The molecule has 1 aromatic rings. The molecule has 1 saturated heterocycles. The highest BCUT2D eigenvalue weighted by Crippen LogP contribution is 2.24. The summed E-state index contributed by atoms with van der Waals surface area (Å²) >= 11 is 0. The zero-order chi connectivity index (χ0) is 14.9. The van der Waals surface area contributed by atoms with E-state index in [4.69, 9.17) is 0 Å². The largest absolute Gasteiger partial charge is 0.382 e. The summed E-state index contributed by atoms with van der Waals surface area (Å²) < 4.78 is 23.3. The number of piperidine rings is 1. The number of aryl methyl sites for hydroxylation is 1. The summed E-state index contributed by atoms with van der Waals surface area (Å²) in [6.45, 7) is 5.31. The number of likely N-dealkylation sites (tertiary alicyclic amines) is 1. The van der Waals surface area contributed by atoms with Crippen LogP contribution in [0.1, 0.15) is 25.3 Å². The van der Waals surface area contributed by atoms with Crippen molar-refractivity contribution in [2.75, 3.05) is 25.2 Å². The average molecular weight is 296 g/mol. The van der Waals surface area contributed by atoms with Gasteiger partial charge in [-0.15, -0.1) is 0 Å². The van der Waals surface area contributed by atoms with E-state index in [9.17, 15) is 8.42 Å². The number of benzene rings is 1. The topological polar surface area (TPSA) is 49.4 Å². The summed E-state index contributed by atoms with van der Waals surface area (Å²) in [5, 5.41) is 3.52. The van der Waals surface area contributed by atoms with Gasteiger partial charge in [0.15, 0.2) is 9.84 Å². The monoisotopic (exact) mass is 296 g/mol. The van der Waals surface area contributed by atoms with Gasteiger partial charge in [-0.1, -0.05) is 6.07 Å². The first kappa shape index (κ1) is 15.3. The van der Waals surface area contributed by atoms with Gasteiger partial charge >= 0.3 is 0 Å². The molecule has 1 fully saturated rings. The Morgan fingerprint density at radius 1 is 1.35 bits per heavy atom. The lowest BCUT2D eigenvalue weighted by Gasteiger charge is -2.36. The predicted octanol–water partition coefficient (Wildman–Crippen LogP) is 2.29. The van der Waals surface area contributed by atoms with Gasteiger partial charge in [-0.05, 0) is 51.4 Å². The third-order valence-corrected chi connectivity index (χ3v) is 5.32. The molecule has 0 spiro atoms. The van der Waals surface area contributed by atoms with Crippen molar-refractivity contribution in [2.24, 2.45) is 0 Å². The van der Waals surface area contributed by atoms with Crippen molar-refractivity contribution in [3.05, 3.63) is 23.8 Å². The van der Waals surface area contributed by atoms with E-state index in [0.717, 1.165) is 30.6 Å². The van der Waals surface area contributed by atoms with E-state index in [-0.39, 0.29) is 0 Å². The molecule has 20 heavy (non-hydrogen) atoms. The smallest absolute Gasteiger partial charge is 0.175 e. The van der Waals surface area contributed by atoms with Gasteiger partial charge in [-0.3, -0.25) is 0 Å². The zero-order valence-corrected chi connectivity index (χ0v) is 13.5. The van der Waals surface area contributed by atoms with E-state index in [1.807, 2.05) is 13.0 Å². The molecule has 1 heterocycles. The summed E-state index contributed by atoms with van der Waals surface area (Å²) in [6, 6.07) is 6.27. The highest BCUT2D eigenvalue weighted by Gasteiger charge is 2.23. The first-order chi connectivity index (χ1) is 9.27. The van der Waals surface area contributed by atoms with Crippen molar-refractivity contribution in [3.63, 3.8) is 0 Å². The lowest BCUT2D eigenvalue weighted by atomic mass is 9.98. The molecule has 0 bridgehead atoms. The minimum Gasteiger partial charge on any atom is -0.382 e. The minimum absolute atomic E-state index is 0.381. The number of nitrogens with zero attached hydrogens (tertiary/aromatic N) is 1. The second-order valence-electron chi connectivity index (χ2n) is 5.94. The molecule has 112 valence electrons. The molecule has 1 N–H and O–H groups in total. The summed E-state index contributed by atoms with van der Waals surface area (Å²) in [5.41, 5.74) is 2.03. The number of nitrogens with one attached hydrogen (secondary N) is 1. The van der Waals surface area contributed by atoms with Crippen LogP contribution < -0.4 is 5.32 Å². The first-order valence-electron chi connectivity index (χ1n) is 7.05. The van der Waals surface area contributed by atoms with Crippen molar-refractivity contribution in [1.29, 1.82) is 0 Å². The van der Waals surface area contributed by atoms with Crippen LogP contribution in [0.25, 0.3) is 0 Å². The van der Waals surface area contributed by atoms with Crippen molar-refractivity contribution in [3.8, 4) is 0 Å². The highest BCUT2D eigenvalue weighted by molar-refractivity contribution is 7.90. The van der Waals surface area contributed by atoms with Crippen molar-refractivity contribution in [1.82, 2.24) is 4.90 Å². The van der Waals surface area contributed by atoms with Gasteiger partial charge in [0.1, 0.15) is 0 Å². The Hall–Kier alpha value is -1.07. The fourth-order valence-electron chi connectivity index (χ4n) is 2.63. The summed E-state index contributed by atoms with van der Waals surface area (Å²) in [6.07, 6.45) is 3.42. The van der Waals surface area contributed by atoms with Gasteiger partial charge in [0.2, 0.25) is 0 Å². The second kappa shape index (κ2) is 5.74. The van der Waals surface area contributed by atoms with E-state index < -0.39 is 9.84 Å². The molecule has 5 heteroatoms. The minimum atomic E-state index is -3.15. The second-order valence-corrected chi connectivity index (χ2v) is 7.96. The molecule has 1 aliphatic rings. The predicted molar refractivity (Wildman–Crippen MR) is 83.0 cm³/mol. The standard InChI is InChI=1S/C15H24N2O2S/c1-11-5-6-14(20(4,18)19)10-15(11)16-13-7-8-17(3)12(2)9-13/h5-6,10,12-13,16H,7-9H2,1-4H3. The molecular weight excluding hydrogens is 272 g/mol. The van der Waals surface area contributed by atoms with Crippen LogP contribution in [0.2, 0.25) is 0 Å². The maximum Gasteiger partial charge on any atom is 0.175 e.